The summed E-state index contributed by atoms with van der Waals surface area (Å²) < 4.78 is 17.2. The summed E-state index contributed by atoms with van der Waals surface area (Å²) in [5, 5.41) is 2.73. The van der Waals surface area contributed by atoms with Gasteiger partial charge in [0.25, 0.3) is 11.8 Å². The van der Waals surface area contributed by atoms with Crippen molar-refractivity contribution < 1.29 is 23.8 Å². The van der Waals surface area contributed by atoms with Crippen molar-refractivity contribution >= 4 is 72.6 Å². The molecule has 0 saturated carbocycles. The maximum Gasteiger partial charge on any atom is 0.276 e. The molecule has 2 amide bonds. The smallest absolute Gasteiger partial charge is 0.276 e. The minimum absolute atomic E-state index is 0.0865. The van der Waals surface area contributed by atoms with E-state index >= 15 is 0 Å². The molecule has 0 bridgehead atoms. The number of amides is 2. The molecule has 0 aromatic heterocycles. The van der Waals surface area contributed by atoms with Gasteiger partial charge in [0.05, 0.1) is 16.1 Å². The molecule has 166 valence electrons. The van der Waals surface area contributed by atoms with Crippen LogP contribution in [0.1, 0.15) is 10.4 Å². The van der Waals surface area contributed by atoms with Gasteiger partial charge in [-0.2, -0.15) is 0 Å². The Bertz CT molecular complexity index is 964. The Morgan fingerprint density at radius 2 is 1.77 bits per heavy atom. The predicted octanol–water partition coefficient (Wildman–Crippen LogP) is 3.60. The van der Waals surface area contributed by atoms with Gasteiger partial charge in [-0.3, -0.25) is 25.8 Å². The van der Waals surface area contributed by atoms with Crippen molar-refractivity contribution in [2.75, 3.05) is 26.9 Å². The number of halogens is 3. The Balaban J connectivity index is 1.77. The fraction of sp³-hybridized carbons (Fsp3) is 0.211. The summed E-state index contributed by atoms with van der Waals surface area (Å²) in [7, 11) is 1.58. The summed E-state index contributed by atoms with van der Waals surface area (Å²) in [6, 6.07) is 9.84. The van der Waals surface area contributed by atoms with Crippen LogP contribution in [0.15, 0.2) is 45.3 Å². The standard InChI is InChI=1S/C19H18Br2ClN3O5S/c1-28-6-7-29-15-4-2-11(8-13(15)21)18(27)23-19(31)25-24-17(26)10-30-16-5-3-12(20)9-14(16)22/h2-5,8-9H,6-7,10H2,1H3,(H,24,26)(H2,23,25,27,31). The summed E-state index contributed by atoms with van der Waals surface area (Å²) in [5.74, 6) is -0.0479. The number of thiocarbonyl (C=S) groups is 1. The molecule has 0 aliphatic rings. The van der Waals surface area contributed by atoms with Crippen molar-refractivity contribution in [3.05, 3.63) is 55.9 Å². The van der Waals surface area contributed by atoms with Gasteiger partial charge in [0, 0.05) is 17.1 Å². The Hall–Kier alpha value is -1.92. The lowest BCUT2D eigenvalue weighted by molar-refractivity contribution is -0.123. The van der Waals surface area contributed by atoms with Crippen molar-refractivity contribution in [1.29, 1.82) is 0 Å². The molecule has 0 aliphatic heterocycles. The van der Waals surface area contributed by atoms with Crippen LogP contribution < -0.4 is 25.6 Å². The largest absolute Gasteiger partial charge is 0.490 e. The first-order valence-electron chi connectivity index (χ1n) is 8.69. The van der Waals surface area contributed by atoms with E-state index < -0.39 is 11.8 Å². The lowest BCUT2D eigenvalue weighted by Crippen LogP contribution is -2.49. The minimum atomic E-state index is -0.518. The highest BCUT2D eigenvalue weighted by molar-refractivity contribution is 9.10. The van der Waals surface area contributed by atoms with Crippen molar-refractivity contribution in [3.63, 3.8) is 0 Å². The van der Waals surface area contributed by atoms with E-state index in [0.717, 1.165) is 4.47 Å². The SMILES string of the molecule is COCCOc1ccc(C(=O)NC(=S)NNC(=O)COc2ccc(Br)cc2Cl)cc1Br. The van der Waals surface area contributed by atoms with Crippen LogP contribution in [0.3, 0.4) is 0 Å². The van der Waals surface area contributed by atoms with Gasteiger partial charge in [0.1, 0.15) is 18.1 Å². The first-order chi connectivity index (χ1) is 14.8. The molecule has 2 aromatic carbocycles. The van der Waals surface area contributed by atoms with Crippen molar-refractivity contribution in [3.8, 4) is 11.5 Å². The summed E-state index contributed by atoms with van der Waals surface area (Å²) in [5.41, 5.74) is 5.10. The second kappa shape index (κ2) is 12.8. The average molecular weight is 596 g/mol. The number of hydrazine groups is 1. The first kappa shape index (κ1) is 25.3. The number of nitrogens with one attached hydrogen (secondary N) is 3. The maximum atomic E-state index is 12.3. The lowest BCUT2D eigenvalue weighted by atomic mass is 10.2. The number of hydrogen-bond donors (Lipinski definition) is 3. The molecule has 3 N–H and O–H groups in total. The highest BCUT2D eigenvalue weighted by Crippen LogP contribution is 2.27. The molecule has 0 saturated heterocycles. The summed E-state index contributed by atoms with van der Waals surface area (Å²) in [6.45, 7) is 0.524. The van der Waals surface area contributed by atoms with Crippen molar-refractivity contribution in [2.24, 2.45) is 0 Å². The molecule has 0 aliphatic carbocycles. The third kappa shape index (κ3) is 8.62. The Kier molecular flexibility index (Phi) is 10.5. The molecular formula is C19H18Br2ClN3O5S. The minimum Gasteiger partial charge on any atom is -0.490 e. The second-order valence-corrected chi connectivity index (χ2v) is 8.39. The highest BCUT2D eigenvalue weighted by atomic mass is 79.9. The quantitative estimate of drug-likeness (QED) is 0.244. The monoisotopic (exact) mass is 593 g/mol. The number of carbonyl (C=O) groups excluding carboxylic acids is 2. The molecule has 0 spiro atoms. The second-order valence-electron chi connectivity index (χ2n) is 5.81. The number of hydrogen-bond acceptors (Lipinski definition) is 6. The van der Waals surface area contributed by atoms with E-state index in [9.17, 15) is 9.59 Å². The van der Waals surface area contributed by atoms with Gasteiger partial charge >= 0.3 is 0 Å². The van der Waals surface area contributed by atoms with E-state index in [1.165, 1.54) is 0 Å². The van der Waals surface area contributed by atoms with Crippen LogP contribution in [0.2, 0.25) is 5.02 Å². The van der Waals surface area contributed by atoms with Gasteiger partial charge in [-0.15, -0.1) is 0 Å². The fourth-order valence-corrected chi connectivity index (χ4v) is 3.46. The average Bonchev–Trinajstić information content (AvgIpc) is 2.72. The summed E-state index contributed by atoms with van der Waals surface area (Å²) >= 11 is 17.7. The van der Waals surface area contributed by atoms with E-state index in [1.807, 2.05) is 0 Å². The third-order valence-corrected chi connectivity index (χ3v) is 5.15. The molecule has 2 rings (SSSR count). The molecule has 0 heterocycles. The molecule has 31 heavy (non-hydrogen) atoms. The van der Waals surface area contributed by atoms with Crippen LogP contribution in [0, 0.1) is 0 Å². The third-order valence-electron chi connectivity index (χ3n) is 3.53. The molecule has 2 aromatic rings. The number of rotatable bonds is 8. The summed E-state index contributed by atoms with van der Waals surface area (Å²) in [6.07, 6.45) is 0. The topological polar surface area (TPSA) is 97.9 Å². The lowest BCUT2D eigenvalue weighted by Gasteiger charge is -2.13. The normalized spacial score (nSPS) is 10.2. The van der Waals surface area contributed by atoms with Gasteiger partial charge in [-0.05, 0) is 64.5 Å². The number of carbonyl (C=O) groups is 2. The zero-order chi connectivity index (χ0) is 22.8. The highest BCUT2D eigenvalue weighted by Gasteiger charge is 2.12. The van der Waals surface area contributed by atoms with Crippen molar-refractivity contribution in [1.82, 2.24) is 16.2 Å². The number of benzene rings is 2. The van der Waals surface area contributed by atoms with Gasteiger partial charge < -0.3 is 14.2 Å². The number of methoxy groups -OCH3 is 1. The Morgan fingerprint density at radius 1 is 1.03 bits per heavy atom. The van der Waals surface area contributed by atoms with Gasteiger partial charge in [-0.1, -0.05) is 27.5 Å². The van der Waals surface area contributed by atoms with Crippen LogP contribution in [0.4, 0.5) is 0 Å². The van der Waals surface area contributed by atoms with Crippen molar-refractivity contribution in [2.45, 2.75) is 0 Å². The van der Waals surface area contributed by atoms with E-state index in [4.69, 9.17) is 38.0 Å². The van der Waals surface area contributed by atoms with E-state index in [1.54, 1.807) is 43.5 Å². The molecule has 0 atom stereocenters. The molecule has 8 nitrogen and oxygen atoms in total. The molecular weight excluding hydrogens is 578 g/mol. The molecule has 0 unspecified atom stereocenters. The van der Waals surface area contributed by atoms with Gasteiger partial charge in [-0.25, -0.2) is 0 Å². The molecule has 12 heteroatoms. The first-order valence-corrected chi connectivity index (χ1v) is 11.1. The van der Waals surface area contributed by atoms with E-state index in [-0.39, 0.29) is 11.7 Å². The van der Waals surface area contributed by atoms with Gasteiger partial charge in [0.15, 0.2) is 11.7 Å². The number of ether oxygens (including phenoxy) is 3. The van der Waals surface area contributed by atoms with Gasteiger partial charge in [0.2, 0.25) is 0 Å². The van der Waals surface area contributed by atoms with E-state index in [0.29, 0.717) is 39.8 Å². The zero-order valence-electron chi connectivity index (χ0n) is 16.2. The summed E-state index contributed by atoms with van der Waals surface area (Å²) in [4.78, 5) is 24.2. The Morgan fingerprint density at radius 3 is 2.45 bits per heavy atom. The molecule has 0 fully saturated rings. The predicted molar refractivity (Wildman–Crippen MR) is 128 cm³/mol. The molecule has 0 radical (unpaired) electrons. The van der Waals surface area contributed by atoms with E-state index in [2.05, 4.69) is 48.0 Å². The van der Waals surface area contributed by atoms with Crippen LogP contribution in [-0.2, 0) is 9.53 Å². The fourth-order valence-electron chi connectivity index (χ4n) is 2.10. The van der Waals surface area contributed by atoms with Crippen LogP contribution >= 0.6 is 55.7 Å². The van der Waals surface area contributed by atoms with Crippen LogP contribution in [-0.4, -0.2) is 43.9 Å². The maximum absolute atomic E-state index is 12.3. The van der Waals surface area contributed by atoms with Crippen LogP contribution in [0.5, 0.6) is 11.5 Å². The zero-order valence-corrected chi connectivity index (χ0v) is 20.9. The Labute approximate surface area is 206 Å². The van der Waals surface area contributed by atoms with Crippen LogP contribution in [0.25, 0.3) is 0 Å².